The van der Waals surface area contributed by atoms with Crippen molar-refractivity contribution < 1.29 is 4.79 Å². The Morgan fingerprint density at radius 2 is 2.55 bits per heavy atom. The molecule has 0 aromatic rings. The van der Waals surface area contributed by atoms with Crippen LogP contribution >= 0.6 is 11.8 Å². The molecule has 0 radical (unpaired) electrons. The molecule has 0 aliphatic carbocycles. The normalized spacial score (nSPS) is 30.4. The molecule has 0 bridgehead atoms. The van der Waals surface area contributed by atoms with Crippen molar-refractivity contribution in [2.24, 2.45) is 4.99 Å². The minimum Gasteiger partial charge on any atom is -0.347 e. The third-order valence-corrected chi connectivity index (χ3v) is 3.00. The second kappa shape index (κ2) is 2.85. The van der Waals surface area contributed by atoms with Gasteiger partial charge < -0.3 is 5.32 Å². The third-order valence-electron chi connectivity index (χ3n) is 1.90. The molecule has 60 valence electrons. The lowest BCUT2D eigenvalue weighted by molar-refractivity contribution is -0.119. The maximum Gasteiger partial charge on any atom is 0.220 e. The van der Waals surface area contributed by atoms with Crippen molar-refractivity contribution in [3.05, 3.63) is 0 Å². The van der Waals surface area contributed by atoms with Crippen LogP contribution in [0.25, 0.3) is 0 Å². The molecule has 1 fully saturated rings. The van der Waals surface area contributed by atoms with Crippen LogP contribution in [0, 0.1) is 0 Å². The molecule has 2 rings (SSSR count). The molecule has 2 aliphatic rings. The van der Waals surface area contributed by atoms with Gasteiger partial charge in [-0.15, -0.1) is 11.8 Å². The molecule has 0 aromatic heterocycles. The van der Waals surface area contributed by atoms with Gasteiger partial charge in [-0.25, -0.2) is 0 Å². The van der Waals surface area contributed by atoms with Crippen LogP contribution < -0.4 is 5.32 Å². The van der Waals surface area contributed by atoms with Gasteiger partial charge in [-0.3, -0.25) is 9.79 Å². The Kier molecular flexibility index (Phi) is 1.85. The predicted octanol–water partition coefficient (Wildman–Crippen LogP) is 0.410. The highest BCUT2D eigenvalue weighted by molar-refractivity contribution is 8.14. The number of thioether (sulfide) groups is 1. The van der Waals surface area contributed by atoms with E-state index in [1.54, 1.807) is 11.8 Å². The first-order chi connectivity index (χ1) is 5.36. The quantitative estimate of drug-likeness (QED) is 0.619. The molecule has 1 atom stereocenters. The van der Waals surface area contributed by atoms with Crippen molar-refractivity contribution in [2.45, 2.75) is 18.9 Å². The average Bonchev–Trinajstić information content (AvgIpc) is 2.55. The van der Waals surface area contributed by atoms with Crippen LogP contribution in [0.1, 0.15) is 12.8 Å². The molecule has 1 N–H and O–H groups in total. The zero-order valence-electron chi connectivity index (χ0n) is 6.17. The number of aliphatic imine (C=N–C) groups is 1. The van der Waals surface area contributed by atoms with Gasteiger partial charge in [0.25, 0.3) is 0 Å². The van der Waals surface area contributed by atoms with Crippen molar-refractivity contribution in [2.75, 3.05) is 12.3 Å². The number of carbonyl (C=O) groups is 1. The van der Waals surface area contributed by atoms with Crippen molar-refractivity contribution in [3.63, 3.8) is 0 Å². The predicted molar refractivity (Wildman–Crippen MR) is 45.9 cm³/mol. The molecule has 1 saturated heterocycles. The topological polar surface area (TPSA) is 41.5 Å². The largest absolute Gasteiger partial charge is 0.347 e. The molecule has 1 unspecified atom stereocenters. The van der Waals surface area contributed by atoms with Gasteiger partial charge in [-0.2, -0.15) is 0 Å². The maximum atomic E-state index is 10.8. The van der Waals surface area contributed by atoms with E-state index in [0.29, 0.717) is 6.42 Å². The standard InChI is InChI=1S/C7H10N2OS/c10-6-2-1-5(9-6)7-8-3-4-11-7/h5H,1-4H2,(H,9,10). The summed E-state index contributed by atoms with van der Waals surface area (Å²) in [5, 5.41) is 4.04. The van der Waals surface area contributed by atoms with Crippen LogP contribution in [0.5, 0.6) is 0 Å². The van der Waals surface area contributed by atoms with Crippen molar-refractivity contribution in [1.29, 1.82) is 0 Å². The van der Waals surface area contributed by atoms with Crippen molar-refractivity contribution in [1.82, 2.24) is 5.32 Å². The zero-order chi connectivity index (χ0) is 7.68. The van der Waals surface area contributed by atoms with E-state index >= 15 is 0 Å². The van der Waals surface area contributed by atoms with E-state index < -0.39 is 0 Å². The van der Waals surface area contributed by atoms with Crippen LogP contribution in [0.4, 0.5) is 0 Å². The van der Waals surface area contributed by atoms with E-state index in [1.165, 1.54) is 0 Å². The van der Waals surface area contributed by atoms with E-state index in [4.69, 9.17) is 0 Å². The van der Waals surface area contributed by atoms with Crippen LogP contribution in [-0.4, -0.2) is 29.3 Å². The number of hydrogen-bond acceptors (Lipinski definition) is 3. The highest BCUT2D eigenvalue weighted by Gasteiger charge is 2.26. The molecular weight excluding hydrogens is 160 g/mol. The summed E-state index contributed by atoms with van der Waals surface area (Å²) < 4.78 is 0. The molecule has 4 heteroatoms. The zero-order valence-corrected chi connectivity index (χ0v) is 6.99. The molecule has 2 heterocycles. The van der Waals surface area contributed by atoms with Gasteiger partial charge >= 0.3 is 0 Å². The number of amides is 1. The van der Waals surface area contributed by atoms with E-state index in [1.807, 2.05) is 0 Å². The number of carbonyl (C=O) groups excluding carboxylic acids is 1. The molecule has 3 nitrogen and oxygen atoms in total. The second-order valence-electron chi connectivity index (χ2n) is 2.73. The van der Waals surface area contributed by atoms with Crippen LogP contribution in [0.3, 0.4) is 0 Å². The van der Waals surface area contributed by atoms with Gasteiger partial charge in [0.15, 0.2) is 0 Å². The second-order valence-corrected chi connectivity index (χ2v) is 3.84. The van der Waals surface area contributed by atoms with Gasteiger partial charge in [0, 0.05) is 18.7 Å². The number of nitrogens with zero attached hydrogens (tertiary/aromatic N) is 1. The molecule has 1 amide bonds. The van der Waals surface area contributed by atoms with Gasteiger partial charge in [-0.1, -0.05) is 0 Å². The Labute approximate surface area is 69.6 Å². The Balaban J connectivity index is 2.00. The van der Waals surface area contributed by atoms with Crippen LogP contribution in [-0.2, 0) is 4.79 Å². The first-order valence-corrected chi connectivity index (χ1v) is 4.81. The molecule has 0 saturated carbocycles. The highest BCUT2D eigenvalue weighted by Crippen LogP contribution is 2.20. The summed E-state index contributed by atoms with van der Waals surface area (Å²) >= 11 is 1.78. The lowest BCUT2D eigenvalue weighted by Gasteiger charge is -2.07. The molecule has 0 aromatic carbocycles. The van der Waals surface area contributed by atoms with Crippen LogP contribution in [0.15, 0.2) is 4.99 Å². The summed E-state index contributed by atoms with van der Waals surface area (Å²) in [5.41, 5.74) is 0. The minimum absolute atomic E-state index is 0.171. The Hall–Kier alpha value is -0.510. The number of hydrogen-bond donors (Lipinski definition) is 1. The lowest BCUT2D eigenvalue weighted by Crippen LogP contribution is -2.30. The number of nitrogens with one attached hydrogen (secondary N) is 1. The fourth-order valence-electron chi connectivity index (χ4n) is 1.36. The Morgan fingerprint density at radius 1 is 1.64 bits per heavy atom. The fourth-order valence-corrected chi connectivity index (χ4v) is 2.31. The van der Waals surface area contributed by atoms with E-state index in [-0.39, 0.29) is 11.9 Å². The monoisotopic (exact) mass is 170 g/mol. The Bertz CT molecular complexity index is 214. The summed E-state index contributed by atoms with van der Waals surface area (Å²) in [4.78, 5) is 15.2. The summed E-state index contributed by atoms with van der Waals surface area (Å²) in [7, 11) is 0. The number of rotatable bonds is 1. The lowest BCUT2D eigenvalue weighted by atomic mass is 10.2. The first-order valence-electron chi connectivity index (χ1n) is 3.83. The average molecular weight is 170 g/mol. The molecule has 11 heavy (non-hydrogen) atoms. The third kappa shape index (κ3) is 1.40. The smallest absolute Gasteiger partial charge is 0.220 e. The van der Waals surface area contributed by atoms with E-state index in [2.05, 4.69) is 10.3 Å². The SMILES string of the molecule is O=C1CCC(C2=NCCS2)N1. The van der Waals surface area contributed by atoms with Crippen LogP contribution in [0.2, 0.25) is 0 Å². The summed E-state index contributed by atoms with van der Waals surface area (Å²) in [6.45, 7) is 0.923. The first kappa shape index (κ1) is 7.16. The summed E-state index contributed by atoms with van der Waals surface area (Å²) in [5.74, 6) is 1.26. The van der Waals surface area contributed by atoms with Gasteiger partial charge in [0.05, 0.1) is 11.1 Å². The van der Waals surface area contributed by atoms with Crippen molar-refractivity contribution in [3.8, 4) is 0 Å². The molecule has 0 spiro atoms. The Morgan fingerprint density at radius 3 is 3.09 bits per heavy atom. The highest BCUT2D eigenvalue weighted by atomic mass is 32.2. The summed E-state index contributed by atoms with van der Waals surface area (Å²) in [6, 6.07) is 0.245. The molecular formula is C7H10N2OS. The van der Waals surface area contributed by atoms with E-state index in [9.17, 15) is 4.79 Å². The fraction of sp³-hybridized carbons (Fsp3) is 0.714. The maximum absolute atomic E-state index is 10.8. The summed E-state index contributed by atoms with van der Waals surface area (Å²) in [6.07, 6.45) is 1.61. The minimum atomic E-state index is 0.171. The van der Waals surface area contributed by atoms with Gasteiger partial charge in [0.2, 0.25) is 5.91 Å². The van der Waals surface area contributed by atoms with E-state index in [0.717, 1.165) is 23.8 Å². The molecule has 2 aliphatic heterocycles. The van der Waals surface area contributed by atoms with Crippen molar-refractivity contribution >= 4 is 22.7 Å². The van der Waals surface area contributed by atoms with Gasteiger partial charge in [0.1, 0.15) is 0 Å². The van der Waals surface area contributed by atoms with Gasteiger partial charge in [-0.05, 0) is 6.42 Å².